The van der Waals surface area contributed by atoms with Crippen molar-refractivity contribution in [3.05, 3.63) is 77.1 Å². The molecule has 4 rings (SSSR count). The van der Waals surface area contributed by atoms with E-state index in [4.69, 9.17) is 0 Å². The van der Waals surface area contributed by atoms with Gasteiger partial charge >= 0.3 is 0 Å². The Morgan fingerprint density at radius 3 is 2.75 bits per heavy atom. The third kappa shape index (κ3) is 2.57. The molecule has 5 nitrogen and oxygen atoms in total. The first-order valence-electron chi connectivity index (χ1n) is 7.27. The second-order valence-electron chi connectivity index (χ2n) is 5.21. The summed E-state index contributed by atoms with van der Waals surface area (Å²) in [5, 5.41) is 13.0. The lowest BCUT2D eigenvalue weighted by Crippen LogP contribution is -1.92. The molecule has 0 radical (unpaired) electrons. The van der Waals surface area contributed by atoms with E-state index in [-0.39, 0.29) is 5.69 Å². The van der Waals surface area contributed by atoms with Crippen LogP contribution < -0.4 is 0 Å². The number of rotatable bonds is 3. The van der Waals surface area contributed by atoms with E-state index >= 15 is 0 Å². The van der Waals surface area contributed by atoms with Gasteiger partial charge in [0.05, 0.1) is 10.4 Å². The summed E-state index contributed by atoms with van der Waals surface area (Å²) in [4.78, 5) is 21.3. The molecule has 116 valence electrons. The second kappa shape index (κ2) is 5.90. The first kappa shape index (κ1) is 14.6. The van der Waals surface area contributed by atoms with Gasteiger partial charge in [0, 0.05) is 39.0 Å². The number of pyridine rings is 2. The quantitative estimate of drug-likeness (QED) is 0.396. The first-order chi connectivity index (χ1) is 11.7. The minimum atomic E-state index is -0.401. The van der Waals surface area contributed by atoms with E-state index in [0.717, 1.165) is 26.1 Å². The summed E-state index contributed by atoms with van der Waals surface area (Å²) in [6.45, 7) is 0. The minimum absolute atomic E-state index is 0.0200. The lowest BCUT2D eigenvalue weighted by molar-refractivity contribution is -0.383. The molecule has 0 atom stereocenters. The van der Waals surface area contributed by atoms with Gasteiger partial charge in [-0.05, 0) is 18.2 Å². The van der Waals surface area contributed by atoms with Crippen LogP contribution >= 0.6 is 11.8 Å². The van der Waals surface area contributed by atoms with E-state index < -0.39 is 4.92 Å². The van der Waals surface area contributed by atoms with E-state index in [1.54, 1.807) is 12.3 Å². The number of nitro benzene ring substituents is 1. The minimum Gasteiger partial charge on any atom is -0.258 e. The average Bonchev–Trinajstić information content (AvgIpc) is 2.61. The zero-order valence-corrected chi connectivity index (χ0v) is 13.2. The summed E-state index contributed by atoms with van der Waals surface area (Å²) in [6, 6.07) is 16.9. The van der Waals surface area contributed by atoms with Crippen molar-refractivity contribution in [3.8, 4) is 0 Å². The lowest BCUT2D eigenvalue weighted by atomic mass is 10.2. The highest BCUT2D eigenvalue weighted by molar-refractivity contribution is 7.99. The van der Waals surface area contributed by atoms with E-state index in [1.807, 2.05) is 42.6 Å². The van der Waals surface area contributed by atoms with Crippen LogP contribution in [0.1, 0.15) is 0 Å². The van der Waals surface area contributed by atoms with Gasteiger partial charge in [-0.15, -0.1) is 0 Å². The number of aromatic nitrogens is 2. The smallest absolute Gasteiger partial charge is 0.258 e. The van der Waals surface area contributed by atoms with Gasteiger partial charge in [0.15, 0.2) is 0 Å². The molecule has 2 aromatic carbocycles. The Morgan fingerprint density at radius 1 is 1.00 bits per heavy atom. The summed E-state index contributed by atoms with van der Waals surface area (Å²) in [5.41, 5.74) is 1.37. The molecule has 0 N–H and O–H groups in total. The topological polar surface area (TPSA) is 68.9 Å². The van der Waals surface area contributed by atoms with E-state index in [2.05, 4.69) is 16.0 Å². The average molecular weight is 333 g/mol. The number of nitrogens with zero attached hydrogens (tertiary/aromatic N) is 3. The highest BCUT2D eigenvalue weighted by atomic mass is 32.2. The maximum atomic E-state index is 11.2. The van der Waals surface area contributed by atoms with Crippen LogP contribution in [0.25, 0.3) is 21.8 Å². The Morgan fingerprint density at radius 2 is 1.88 bits per heavy atom. The molecule has 24 heavy (non-hydrogen) atoms. The summed E-state index contributed by atoms with van der Waals surface area (Å²) < 4.78 is 0. The number of hydrogen-bond donors (Lipinski definition) is 0. The molecular formula is C18H11N3O2S. The molecule has 6 heteroatoms. The van der Waals surface area contributed by atoms with Gasteiger partial charge in [-0.1, -0.05) is 42.1 Å². The SMILES string of the molecule is O=[N+]([O-])c1cccc2c(Sc3cnc4ccccc4c3)ccnc12. The van der Waals surface area contributed by atoms with Gasteiger partial charge in [-0.2, -0.15) is 0 Å². The summed E-state index contributed by atoms with van der Waals surface area (Å²) >= 11 is 1.53. The van der Waals surface area contributed by atoms with Gasteiger partial charge in [0.25, 0.3) is 5.69 Å². The number of hydrogen-bond acceptors (Lipinski definition) is 5. The molecule has 0 aliphatic rings. The van der Waals surface area contributed by atoms with Crippen LogP contribution in [0.4, 0.5) is 5.69 Å². The second-order valence-corrected chi connectivity index (χ2v) is 6.32. The third-order valence-corrected chi connectivity index (χ3v) is 4.73. The predicted octanol–water partition coefficient (Wildman–Crippen LogP) is 4.84. The molecule has 0 fully saturated rings. The first-order valence-corrected chi connectivity index (χ1v) is 8.09. The molecule has 0 aliphatic carbocycles. The Labute approximate surface area is 141 Å². The number of fused-ring (bicyclic) bond motifs is 2. The fraction of sp³-hybridized carbons (Fsp3) is 0. The Kier molecular flexibility index (Phi) is 3.59. The Balaban J connectivity index is 1.81. The van der Waals surface area contributed by atoms with Crippen LogP contribution in [0.3, 0.4) is 0 Å². The maximum absolute atomic E-state index is 11.2. The van der Waals surface area contributed by atoms with Crippen LogP contribution in [0.15, 0.2) is 76.8 Å². The molecule has 0 bridgehead atoms. The van der Waals surface area contributed by atoms with Gasteiger partial charge in [-0.3, -0.25) is 15.1 Å². The van der Waals surface area contributed by atoms with Crippen molar-refractivity contribution < 1.29 is 4.92 Å². The number of benzene rings is 2. The monoisotopic (exact) mass is 333 g/mol. The zero-order valence-electron chi connectivity index (χ0n) is 12.4. The summed E-state index contributed by atoms with van der Waals surface area (Å²) in [6.07, 6.45) is 3.42. The Hall–Kier alpha value is -2.99. The highest BCUT2D eigenvalue weighted by Crippen LogP contribution is 2.35. The number of nitro groups is 1. The van der Waals surface area contributed by atoms with Crippen molar-refractivity contribution >= 4 is 39.3 Å². The van der Waals surface area contributed by atoms with Crippen LogP contribution in [0, 0.1) is 10.1 Å². The maximum Gasteiger partial charge on any atom is 0.295 e. The zero-order chi connectivity index (χ0) is 16.5. The molecule has 2 aromatic heterocycles. The molecular weight excluding hydrogens is 322 g/mol. The lowest BCUT2D eigenvalue weighted by Gasteiger charge is -2.06. The molecule has 0 unspecified atom stereocenters. The molecule has 0 spiro atoms. The van der Waals surface area contributed by atoms with Gasteiger partial charge in [0.2, 0.25) is 0 Å². The van der Waals surface area contributed by atoms with E-state index in [1.165, 1.54) is 17.8 Å². The largest absolute Gasteiger partial charge is 0.295 e. The van der Waals surface area contributed by atoms with Crippen molar-refractivity contribution in [1.29, 1.82) is 0 Å². The normalized spacial score (nSPS) is 11.0. The fourth-order valence-corrected chi connectivity index (χ4v) is 3.55. The van der Waals surface area contributed by atoms with Crippen molar-refractivity contribution in [2.24, 2.45) is 0 Å². The van der Waals surface area contributed by atoms with Gasteiger partial charge in [-0.25, -0.2) is 4.98 Å². The summed E-state index contributed by atoms with van der Waals surface area (Å²) in [5.74, 6) is 0. The van der Waals surface area contributed by atoms with Crippen molar-refractivity contribution in [3.63, 3.8) is 0 Å². The standard InChI is InChI=1S/C18H11N3O2S/c22-21(23)16-7-3-5-14-17(8-9-19-18(14)16)24-13-10-12-4-1-2-6-15(12)20-11-13/h1-11H. The highest BCUT2D eigenvalue weighted by Gasteiger charge is 2.15. The van der Waals surface area contributed by atoms with Crippen LogP contribution in [-0.4, -0.2) is 14.9 Å². The molecule has 0 saturated heterocycles. The third-order valence-electron chi connectivity index (χ3n) is 3.70. The van der Waals surface area contributed by atoms with Gasteiger partial charge < -0.3 is 0 Å². The number of non-ortho nitro benzene ring substituents is 1. The molecule has 0 aliphatic heterocycles. The van der Waals surface area contributed by atoms with Crippen LogP contribution in [0.5, 0.6) is 0 Å². The van der Waals surface area contributed by atoms with Crippen LogP contribution in [-0.2, 0) is 0 Å². The number of para-hydroxylation sites is 2. The van der Waals surface area contributed by atoms with Gasteiger partial charge in [0.1, 0.15) is 5.52 Å². The van der Waals surface area contributed by atoms with Crippen molar-refractivity contribution in [2.45, 2.75) is 9.79 Å². The molecule has 0 saturated carbocycles. The Bertz CT molecular complexity index is 1080. The van der Waals surface area contributed by atoms with Crippen molar-refractivity contribution in [2.75, 3.05) is 0 Å². The van der Waals surface area contributed by atoms with Crippen molar-refractivity contribution in [1.82, 2.24) is 9.97 Å². The predicted molar refractivity (Wildman–Crippen MR) is 94.3 cm³/mol. The van der Waals surface area contributed by atoms with E-state index in [9.17, 15) is 10.1 Å². The van der Waals surface area contributed by atoms with E-state index in [0.29, 0.717) is 5.52 Å². The van der Waals surface area contributed by atoms with Crippen LogP contribution in [0.2, 0.25) is 0 Å². The fourth-order valence-electron chi connectivity index (χ4n) is 2.61. The summed E-state index contributed by atoms with van der Waals surface area (Å²) in [7, 11) is 0. The molecule has 2 heterocycles. The molecule has 0 amide bonds. The molecule has 4 aromatic rings.